The quantitative estimate of drug-likeness (QED) is 0.455. The minimum absolute atomic E-state index is 0.359. The Kier molecular flexibility index (Phi) is 3.31. The molecular formula is C4H6F2IO2-. The van der Waals surface area contributed by atoms with E-state index >= 15 is 0 Å². The summed E-state index contributed by atoms with van der Waals surface area (Å²) in [5.41, 5.74) is 0. The van der Waals surface area contributed by atoms with Crippen LogP contribution in [0.3, 0.4) is 0 Å². The molecule has 0 saturated heterocycles. The molecule has 0 spiro atoms. The van der Waals surface area contributed by atoms with Crippen LogP contribution < -0.4 is 21.2 Å². The van der Waals surface area contributed by atoms with Crippen LogP contribution in [0.2, 0.25) is 0 Å². The van der Waals surface area contributed by atoms with Crippen molar-refractivity contribution in [3.63, 3.8) is 0 Å². The summed E-state index contributed by atoms with van der Waals surface area (Å²) < 4.78 is 20.6. The van der Waals surface area contributed by atoms with Crippen LogP contribution in [0.25, 0.3) is 0 Å². The number of hydrogen-bond donors (Lipinski definition) is 1. The number of carbonyl (C=O) groups is 1. The molecule has 1 N–H and O–H groups in total. The summed E-state index contributed by atoms with van der Waals surface area (Å²) in [5.74, 6) is -1.13. The molecule has 56 valence electrons. The first-order valence-electron chi connectivity index (χ1n) is 2.12. The number of halogens is 3. The third-order valence-corrected chi connectivity index (χ3v) is 2.79. The molecule has 0 fully saturated rings. The fourth-order valence-electron chi connectivity index (χ4n) is 0.174. The monoisotopic (exact) mass is 251 g/mol. The fourth-order valence-corrected chi connectivity index (χ4v) is 1.17. The van der Waals surface area contributed by atoms with Gasteiger partial charge < -0.3 is 0 Å². The predicted octanol–water partition coefficient (Wildman–Crippen LogP) is -2.23. The summed E-state index contributed by atoms with van der Waals surface area (Å²) in [6.07, 6.45) is 0. The van der Waals surface area contributed by atoms with E-state index in [0.29, 0.717) is 0 Å². The third kappa shape index (κ3) is 8.06. The van der Waals surface area contributed by atoms with E-state index < -0.39 is 31.1 Å². The van der Waals surface area contributed by atoms with E-state index in [1.54, 1.807) is 0 Å². The van der Waals surface area contributed by atoms with E-state index in [0.717, 1.165) is 6.92 Å². The molecule has 0 aromatic carbocycles. The van der Waals surface area contributed by atoms with Crippen LogP contribution >= 0.6 is 0 Å². The molecular weight excluding hydrogens is 245 g/mol. The number of carboxylic acids is 1. The predicted molar refractivity (Wildman–Crippen MR) is 23.1 cm³/mol. The van der Waals surface area contributed by atoms with Crippen molar-refractivity contribution in [2.24, 2.45) is 0 Å². The minimum atomic E-state index is -2.74. The summed E-state index contributed by atoms with van der Waals surface area (Å²) in [4.78, 5) is 9.74. The average Bonchev–Trinajstić information content (AvgIpc) is 1.59. The molecule has 0 aliphatic rings. The summed E-state index contributed by atoms with van der Waals surface area (Å²) in [7, 11) is 0. The van der Waals surface area contributed by atoms with Crippen molar-refractivity contribution in [1.82, 2.24) is 0 Å². The molecule has 0 aromatic heterocycles. The van der Waals surface area contributed by atoms with Gasteiger partial charge in [0.15, 0.2) is 0 Å². The first-order chi connectivity index (χ1) is 3.92. The van der Waals surface area contributed by atoms with Gasteiger partial charge in [0.25, 0.3) is 0 Å². The Labute approximate surface area is 61.5 Å². The number of aliphatic carboxylic acids is 1. The Bertz CT molecular complexity index is 110. The van der Waals surface area contributed by atoms with Crippen LogP contribution in [0.5, 0.6) is 0 Å². The van der Waals surface area contributed by atoms with Crippen molar-refractivity contribution in [3.05, 3.63) is 0 Å². The molecule has 0 heterocycles. The number of carboxylic acid groups (broad SMARTS) is 1. The van der Waals surface area contributed by atoms with E-state index in [1.807, 2.05) is 0 Å². The zero-order valence-corrected chi connectivity index (χ0v) is 6.85. The van der Waals surface area contributed by atoms with E-state index in [4.69, 9.17) is 5.11 Å². The van der Waals surface area contributed by atoms with Crippen molar-refractivity contribution in [1.29, 1.82) is 0 Å². The van der Waals surface area contributed by atoms with Crippen LogP contribution in [0.4, 0.5) is 8.78 Å². The Morgan fingerprint density at radius 2 is 2.22 bits per heavy atom. The number of hydrogen-bond acceptors (Lipinski definition) is 1. The third-order valence-electron chi connectivity index (χ3n) is 0.416. The molecule has 0 rings (SSSR count). The van der Waals surface area contributed by atoms with Gasteiger partial charge in [0.05, 0.1) is 0 Å². The molecule has 0 saturated carbocycles. The molecule has 9 heavy (non-hydrogen) atoms. The fraction of sp³-hybridized carbons (Fsp3) is 0.750. The maximum absolute atomic E-state index is 11.9. The topological polar surface area (TPSA) is 37.3 Å². The van der Waals surface area contributed by atoms with Crippen molar-refractivity contribution < 1.29 is 39.9 Å². The molecule has 0 aromatic rings. The van der Waals surface area contributed by atoms with Crippen LogP contribution in [0, 0.1) is 0 Å². The van der Waals surface area contributed by atoms with E-state index in [9.17, 15) is 13.6 Å². The molecule has 0 amide bonds. The van der Waals surface area contributed by atoms with Gasteiger partial charge in [-0.3, -0.25) is 0 Å². The maximum atomic E-state index is 11.9. The van der Waals surface area contributed by atoms with Crippen LogP contribution in [-0.2, 0) is 4.79 Å². The summed E-state index contributed by atoms with van der Waals surface area (Å²) in [6.45, 7) is 0.753. The molecule has 0 bridgehead atoms. The van der Waals surface area contributed by atoms with Crippen LogP contribution in [0.1, 0.15) is 6.92 Å². The van der Waals surface area contributed by atoms with E-state index in [2.05, 4.69) is 0 Å². The van der Waals surface area contributed by atoms with Crippen molar-refractivity contribution in [2.45, 2.75) is 10.9 Å². The van der Waals surface area contributed by atoms with Gasteiger partial charge >= 0.3 is 61.1 Å². The van der Waals surface area contributed by atoms with Crippen molar-refractivity contribution in [2.75, 3.05) is 4.43 Å². The van der Waals surface area contributed by atoms with E-state index in [1.165, 1.54) is 0 Å². The Morgan fingerprint density at radius 1 is 1.78 bits per heavy atom. The summed E-state index contributed by atoms with van der Waals surface area (Å²) >= 11 is -1.49. The van der Waals surface area contributed by atoms with Gasteiger partial charge in [-0.25, -0.2) is 0 Å². The zero-order valence-electron chi connectivity index (χ0n) is 4.70. The molecule has 0 aliphatic carbocycles. The normalized spacial score (nSPS) is 11.9. The Morgan fingerprint density at radius 3 is 2.33 bits per heavy atom. The van der Waals surface area contributed by atoms with Crippen LogP contribution in [-0.4, -0.2) is 19.4 Å². The summed E-state index contributed by atoms with van der Waals surface area (Å²) in [5, 5.41) is 7.97. The van der Waals surface area contributed by atoms with Gasteiger partial charge in [0.2, 0.25) is 0 Å². The van der Waals surface area contributed by atoms with Crippen molar-refractivity contribution >= 4 is 5.97 Å². The van der Waals surface area contributed by atoms with Crippen LogP contribution in [0.15, 0.2) is 0 Å². The number of alkyl halides is 4. The first kappa shape index (κ1) is 9.06. The van der Waals surface area contributed by atoms with Gasteiger partial charge in [-0.15, -0.1) is 0 Å². The standard InChI is InChI=1S/C4H6F2IO2/c1-4(5,6)7-2-3(8)9/h2H2,1H3,(H,8,9)/q-1. The molecule has 0 radical (unpaired) electrons. The second-order valence-corrected chi connectivity index (χ2v) is 4.86. The molecule has 2 nitrogen and oxygen atoms in total. The van der Waals surface area contributed by atoms with Crippen molar-refractivity contribution in [3.8, 4) is 0 Å². The Hall–Kier alpha value is 0.0600. The zero-order chi connectivity index (χ0) is 7.49. The molecule has 0 aliphatic heterocycles. The number of rotatable bonds is 3. The molecule has 0 unspecified atom stereocenters. The van der Waals surface area contributed by atoms with Gasteiger partial charge in [-0.05, 0) is 0 Å². The average molecular weight is 251 g/mol. The SMILES string of the molecule is CC(F)(F)[I-]CC(=O)O. The first-order valence-corrected chi connectivity index (χ1v) is 4.72. The van der Waals surface area contributed by atoms with Gasteiger partial charge in [-0.1, -0.05) is 0 Å². The summed E-state index contributed by atoms with van der Waals surface area (Å²) in [6, 6.07) is 0. The van der Waals surface area contributed by atoms with Gasteiger partial charge in [-0.2, -0.15) is 0 Å². The van der Waals surface area contributed by atoms with Gasteiger partial charge in [0.1, 0.15) is 0 Å². The second-order valence-electron chi connectivity index (χ2n) is 1.44. The second kappa shape index (κ2) is 3.28. The molecule has 5 heteroatoms. The van der Waals surface area contributed by atoms with E-state index in [-0.39, 0.29) is 4.43 Å². The van der Waals surface area contributed by atoms with Gasteiger partial charge in [0, 0.05) is 0 Å². The molecule has 0 atom stereocenters. The Balaban J connectivity index is 3.39.